The van der Waals surface area contributed by atoms with Crippen LogP contribution in [0.3, 0.4) is 0 Å². The Balaban J connectivity index is 2.58. The molecule has 0 aliphatic rings. The van der Waals surface area contributed by atoms with Crippen molar-refractivity contribution >= 4 is 38.4 Å². The maximum atomic E-state index is 11.8. The number of hydrogen-bond donors (Lipinski definition) is 1. The van der Waals surface area contributed by atoms with Gasteiger partial charge in [0.05, 0.1) is 10.9 Å². The standard InChI is InChI=1S/C12H12BrClN2O2/c13-5-1-2-6-16-10-4-3-8(14)7-9(10)11(17)15-12(16)18/h3-4,7H,1-2,5-6H2,(H,15,17,18). The van der Waals surface area contributed by atoms with Gasteiger partial charge >= 0.3 is 5.69 Å². The van der Waals surface area contributed by atoms with Crippen molar-refractivity contribution in [3.05, 3.63) is 44.1 Å². The van der Waals surface area contributed by atoms with Crippen molar-refractivity contribution in [3.8, 4) is 0 Å². The monoisotopic (exact) mass is 330 g/mol. The number of hydrogen-bond acceptors (Lipinski definition) is 2. The van der Waals surface area contributed by atoms with Crippen molar-refractivity contribution in [2.45, 2.75) is 19.4 Å². The summed E-state index contributed by atoms with van der Waals surface area (Å²) in [6, 6.07) is 4.97. The maximum absolute atomic E-state index is 11.8. The molecule has 0 aliphatic carbocycles. The highest BCUT2D eigenvalue weighted by Crippen LogP contribution is 2.15. The largest absolute Gasteiger partial charge is 0.328 e. The molecule has 1 heterocycles. The van der Waals surface area contributed by atoms with Gasteiger partial charge in [-0.05, 0) is 31.0 Å². The van der Waals surface area contributed by atoms with Gasteiger partial charge < -0.3 is 0 Å². The number of benzene rings is 1. The Morgan fingerprint density at radius 3 is 2.78 bits per heavy atom. The number of alkyl halides is 1. The van der Waals surface area contributed by atoms with Crippen molar-refractivity contribution in [2.75, 3.05) is 5.33 Å². The van der Waals surface area contributed by atoms with E-state index in [1.807, 2.05) is 0 Å². The van der Waals surface area contributed by atoms with Crippen LogP contribution in [0, 0.1) is 0 Å². The Bertz CT molecular complexity index is 678. The average Bonchev–Trinajstić information content (AvgIpc) is 2.34. The summed E-state index contributed by atoms with van der Waals surface area (Å²) in [5, 5.41) is 1.83. The number of nitrogens with one attached hydrogen (secondary N) is 1. The fourth-order valence-electron chi connectivity index (χ4n) is 1.85. The molecule has 0 amide bonds. The van der Waals surface area contributed by atoms with Gasteiger partial charge in [0.15, 0.2) is 0 Å². The molecule has 0 aliphatic heterocycles. The number of aromatic amines is 1. The number of unbranched alkanes of at least 4 members (excludes halogenated alkanes) is 1. The second kappa shape index (κ2) is 5.71. The predicted octanol–water partition coefficient (Wildman–Crippen LogP) is 2.52. The molecule has 0 saturated carbocycles. The number of halogens is 2. The van der Waals surface area contributed by atoms with E-state index in [0.29, 0.717) is 22.5 Å². The smallest absolute Gasteiger partial charge is 0.293 e. The first-order valence-electron chi connectivity index (χ1n) is 5.62. The molecular weight excluding hydrogens is 320 g/mol. The van der Waals surface area contributed by atoms with Crippen LogP contribution < -0.4 is 11.2 Å². The lowest BCUT2D eigenvalue weighted by molar-refractivity contribution is 0.621. The van der Waals surface area contributed by atoms with Gasteiger partial charge in [0, 0.05) is 16.9 Å². The molecular formula is C12H12BrClN2O2. The summed E-state index contributed by atoms with van der Waals surface area (Å²) in [4.78, 5) is 25.8. The van der Waals surface area contributed by atoms with Crippen molar-refractivity contribution in [1.82, 2.24) is 9.55 Å². The lowest BCUT2D eigenvalue weighted by Gasteiger charge is -2.08. The number of fused-ring (bicyclic) bond motifs is 1. The SMILES string of the molecule is O=c1[nH]c(=O)n(CCCCBr)c2ccc(Cl)cc12. The molecule has 2 aromatic rings. The van der Waals surface area contributed by atoms with Gasteiger partial charge in [0.1, 0.15) is 0 Å². The molecule has 4 nitrogen and oxygen atoms in total. The highest BCUT2D eigenvalue weighted by atomic mass is 79.9. The minimum absolute atomic E-state index is 0.371. The van der Waals surface area contributed by atoms with Gasteiger partial charge in [-0.25, -0.2) is 4.79 Å². The number of nitrogens with zero attached hydrogens (tertiary/aromatic N) is 1. The van der Waals surface area contributed by atoms with E-state index >= 15 is 0 Å². The number of H-pyrrole nitrogens is 1. The molecule has 1 aromatic carbocycles. The first-order chi connectivity index (χ1) is 8.63. The summed E-state index contributed by atoms with van der Waals surface area (Å²) < 4.78 is 1.58. The van der Waals surface area contributed by atoms with Crippen LogP contribution in [0.5, 0.6) is 0 Å². The van der Waals surface area contributed by atoms with Gasteiger partial charge in [-0.3, -0.25) is 14.3 Å². The fraction of sp³-hybridized carbons (Fsp3) is 0.333. The van der Waals surface area contributed by atoms with Gasteiger partial charge in [-0.1, -0.05) is 27.5 Å². The third kappa shape index (κ3) is 2.67. The lowest BCUT2D eigenvalue weighted by Crippen LogP contribution is -2.30. The highest BCUT2D eigenvalue weighted by molar-refractivity contribution is 9.09. The van der Waals surface area contributed by atoms with Crippen LogP contribution in [0.25, 0.3) is 10.9 Å². The quantitative estimate of drug-likeness (QED) is 0.691. The third-order valence-electron chi connectivity index (χ3n) is 2.72. The predicted molar refractivity (Wildman–Crippen MR) is 76.9 cm³/mol. The van der Waals surface area contributed by atoms with Crippen LogP contribution in [-0.4, -0.2) is 14.9 Å². The average molecular weight is 332 g/mol. The molecule has 0 bridgehead atoms. The normalized spacial score (nSPS) is 11.0. The fourth-order valence-corrected chi connectivity index (χ4v) is 2.42. The molecule has 0 atom stereocenters. The number of rotatable bonds is 4. The van der Waals surface area contributed by atoms with Crippen LogP contribution in [0.1, 0.15) is 12.8 Å². The Labute approximate surface area is 117 Å². The number of aromatic nitrogens is 2. The molecule has 18 heavy (non-hydrogen) atoms. The van der Waals surface area contributed by atoms with E-state index in [0.717, 1.165) is 18.2 Å². The Morgan fingerprint density at radius 1 is 1.28 bits per heavy atom. The van der Waals surface area contributed by atoms with Crippen molar-refractivity contribution in [3.63, 3.8) is 0 Å². The van der Waals surface area contributed by atoms with E-state index in [4.69, 9.17) is 11.6 Å². The molecule has 6 heteroatoms. The summed E-state index contributed by atoms with van der Waals surface area (Å²) >= 11 is 9.21. The van der Waals surface area contributed by atoms with Crippen LogP contribution in [-0.2, 0) is 6.54 Å². The van der Waals surface area contributed by atoms with Gasteiger partial charge in [-0.2, -0.15) is 0 Å². The van der Waals surface area contributed by atoms with E-state index in [2.05, 4.69) is 20.9 Å². The summed E-state index contributed by atoms with van der Waals surface area (Å²) in [5.41, 5.74) is -0.138. The summed E-state index contributed by atoms with van der Waals surface area (Å²) in [7, 11) is 0. The minimum Gasteiger partial charge on any atom is -0.293 e. The minimum atomic E-state index is -0.394. The lowest BCUT2D eigenvalue weighted by atomic mass is 10.2. The molecule has 0 spiro atoms. The molecule has 0 radical (unpaired) electrons. The summed E-state index contributed by atoms with van der Waals surface area (Å²) in [5.74, 6) is 0. The van der Waals surface area contributed by atoms with Crippen molar-refractivity contribution in [1.29, 1.82) is 0 Å². The Kier molecular flexibility index (Phi) is 4.24. The molecule has 0 saturated heterocycles. The summed E-state index contributed by atoms with van der Waals surface area (Å²) in [6.07, 6.45) is 1.84. The number of aryl methyl sites for hydroxylation is 1. The highest BCUT2D eigenvalue weighted by Gasteiger charge is 2.07. The van der Waals surface area contributed by atoms with Crippen LogP contribution in [0.4, 0.5) is 0 Å². The molecule has 2 rings (SSSR count). The first kappa shape index (κ1) is 13.4. The first-order valence-corrected chi connectivity index (χ1v) is 7.12. The molecule has 0 fully saturated rings. The van der Waals surface area contributed by atoms with E-state index in [1.54, 1.807) is 22.8 Å². The van der Waals surface area contributed by atoms with Crippen molar-refractivity contribution < 1.29 is 0 Å². The zero-order valence-electron chi connectivity index (χ0n) is 9.58. The second-order valence-electron chi connectivity index (χ2n) is 3.97. The second-order valence-corrected chi connectivity index (χ2v) is 5.20. The molecule has 96 valence electrons. The van der Waals surface area contributed by atoms with E-state index in [1.165, 1.54) is 0 Å². The van der Waals surface area contributed by atoms with Crippen LogP contribution >= 0.6 is 27.5 Å². The van der Waals surface area contributed by atoms with Gasteiger partial charge in [0.25, 0.3) is 5.56 Å². The Morgan fingerprint density at radius 2 is 2.06 bits per heavy atom. The maximum Gasteiger partial charge on any atom is 0.328 e. The third-order valence-corrected chi connectivity index (χ3v) is 3.52. The molecule has 0 unspecified atom stereocenters. The van der Waals surface area contributed by atoms with E-state index in [-0.39, 0.29) is 5.69 Å². The zero-order valence-corrected chi connectivity index (χ0v) is 11.9. The molecule has 1 N–H and O–H groups in total. The topological polar surface area (TPSA) is 54.9 Å². The van der Waals surface area contributed by atoms with Gasteiger partial charge in [-0.15, -0.1) is 0 Å². The van der Waals surface area contributed by atoms with E-state index < -0.39 is 5.56 Å². The van der Waals surface area contributed by atoms with E-state index in [9.17, 15) is 9.59 Å². The zero-order chi connectivity index (χ0) is 13.1. The van der Waals surface area contributed by atoms with Crippen LogP contribution in [0.2, 0.25) is 5.02 Å². The Hall–Kier alpha value is -1.07. The van der Waals surface area contributed by atoms with Crippen molar-refractivity contribution in [2.24, 2.45) is 0 Å². The summed E-state index contributed by atoms with van der Waals surface area (Å²) in [6.45, 7) is 0.583. The van der Waals surface area contributed by atoms with Crippen LogP contribution in [0.15, 0.2) is 27.8 Å². The van der Waals surface area contributed by atoms with Gasteiger partial charge in [0.2, 0.25) is 0 Å². The molecule has 1 aromatic heterocycles.